The molecule has 0 amide bonds. The van der Waals surface area contributed by atoms with E-state index < -0.39 is 0 Å². The summed E-state index contributed by atoms with van der Waals surface area (Å²) in [7, 11) is 0. The van der Waals surface area contributed by atoms with Crippen LogP contribution in [0.4, 0.5) is 0 Å². The maximum absolute atomic E-state index is 6.05. The maximum Gasteiger partial charge on any atom is 0.157 e. The van der Waals surface area contributed by atoms with E-state index in [1.807, 2.05) is 24.3 Å². The Balaban J connectivity index is 1.62. The Morgan fingerprint density at radius 2 is 2.00 bits per heavy atom. The molecule has 1 aliphatic rings. The number of amidine groups is 1. The molecule has 0 aliphatic carbocycles. The number of benzene rings is 2. The Morgan fingerprint density at radius 3 is 2.76 bits per heavy atom. The van der Waals surface area contributed by atoms with E-state index in [1.165, 1.54) is 11.1 Å². The fourth-order valence-electron chi connectivity index (χ4n) is 2.34. The van der Waals surface area contributed by atoms with Gasteiger partial charge in [0.2, 0.25) is 0 Å². The molecule has 0 bridgehead atoms. The lowest BCUT2D eigenvalue weighted by Gasteiger charge is -2.16. The molecule has 1 N–H and O–H groups in total. The number of halogens is 1. The third-order valence-electron chi connectivity index (χ3n) is 3.51. The van der Waals surface area contributed by atoms with Gasteiger partial charge in [-0.3, -0.25) is 4.99 Å². The van der Waals surface area contributed by atoms with Crippen LogP contribution < -0.4 is 5.32 Å². The molecule has 3 rings (SSSR count). The molecule has 2 aromatic carbocycles. The topological polar surface area (TPSA) is 24.4 Å². The summed E-state index contributed by atoms with van der Waals surface area (Å²) < 4.78 is 0. The summed E-state index contributed by atoms with van der Waals surface area (Å²) >= 11 is 7.84. The lowest BCUT2D eigenvalue weighted by molar-refractivity contribution is 0.723. The van der Waals surface area contributed by atoms with Gasteiger partial charge in [-0.1, -0.05) is 65.8 Å². The van der Waals surface area contributed by atoms with E-state index in [0.29, 0.717) is 5.25 Å². The molecule has 1 aliphatic heterocycles. The first kappa shape index (κ1) is 14.5. The molecular formula is C17H17ClN2S. The first-order chi connectivity index (χ1) is 10.2. The van der Waals surface area contributed by atoms with Crippen LogP contribution in [0.25, 0.3) is 0 Å². The first-order valence-corrected chi connectivity index (χ1v) is 8.26. The number of rotatable bonds is 3. The SMILES string of the molecule is CC(NC1=NCC(c2ccccc2)S1)c1cccc(Cl)c1. The van der Waals surface area contributed by atoms with Crippen LogP contribution in [-0.2, 0) is 0 Å². The van der Waals surface area contributed by atoms with Crippen molar-refractivity contribution >= 4 is 28.5 Å². The highest BCUT2D eigenvalue weighted by molar-refractivity contribution is 8.14. The van der Waals surface area contributed by atoms with Crippen molar-refractivity contribution in [2.75, 3.05) is 6.54 Å². The molecule has 0 saturated heterocycles. The minimum atomic E-state index is 0.199. The van der Waals surface area contributed by atoms with Crippen LogP contribution in [0, 0.1) is 0 Å². The lowest BCUT2D eigenvalue weighted by atomic mass is 10.1. The first-order valence-electron chi connectivity index (χ1n) is 7.00. The normalized spacial score (nSPS) is 19.1. The van der Waals surface area contributed by atoms with E-state index in [0.717, 1.165) is 16.7 Å². The molecule has 0 saturated carbocycles. The molecular weight excluding hydrogens is 300 g/mol. The second-order valence-electron chi connectivity index (χ2n) is 5.08. The zero-order valence-corrected chi connectivity index (χ0v) is 13.4. The summed E-state index contributed by atoms with van der Waals surface area (Å²) in [6.45, 7) is 2.96. The van der Waals surface area contributed by atoms with Crippen LogP contribution in [0.5, 0.6) is 0 Å². The highest BCUT2D eigenvalue weighted by Crippen LogP contribution is 2.35. The van der Waals surface area contributed by atoms with Gasteiger partial charge in [0, 0.05) is 5.02 Å². The van der Waals surface area contributed by atoms with E-state index in [2.05, 4.69) is 47.6 Å². The predicted octanol–water partition coefficient (Wildman–Crippen LogP) is 4.83. The van der Waals surface area contributed by atoms with Crippen molar-refractivity contribution < 1.29 is 0 Å². The predicted molar refractivity (Wildman–Crippen MR) is 92.1 cm³/mol. The highest BCUT2D eigenvalue weighted by atomic mass is 35.5. The third-order valence-corrected chi connectivity index (χ3v) is 4.93. The third kappa shape index (κ3) is 3.60. The smallest absolute Gasteiger partial charge is 0.157 e. The van der Waals surface area contributed by atoms with Crippen LogP contribution >= 0.6 is 23.4 Å². The van der Waals surface area contributed by atoms with Gasteiger partial charge in [0.1, 0.15) is 0 Å². The quantitative estimate of drug-likeness (QED) is 0.876. The molecule has 0 radical (unpaired) electrons. The van der Waals surface area contributed by atoms with Crippen molar-refractivity contribution in [1.82, 2.24) is 5.32 Å². The van der Waals surface area contributed by atoms with Gasteiger partial charge >= 0.3 is 0 Å². The van der Waals surface area contributed by atoms with Crippen molar-refractivity contribution in [1.29, 1.82) is 0 Å². The average Bonchev–Trinajstić information content (AvgIpc) is 2.97. The van der Waals surface area contributed by atoms with Crippen LogP contribution in [0.2, 0.25) is 5.02 Å². The lowest BCUT2D eigenvalue weighted by Crippen LogP contribution is -2.23. The number of thioether (sulfide) groups is 1. The number of nitrogens with zero attached hydrogens (tertiary/aromatic N) is 1. The van der Waals surface area contributed by atoms with Crippen LogP contribution in [-0.4, -0.2) is 11.7 Å². The van der Waals surface area contributed by atoms with E-state index in [4.69, 9.17) is 11.6 Å². The molecule has 21 heavy (non-hydrogen) atoms. The Kier molecular flexibility index (Phi) is 4.51. The van der Waals surface area contributed by atoms with Crippen molar-refractivity contribution in [3.63, 3.8) is 0 Å². The molecule has 2 aromatic rings. The number of hydrogen-bond acceptors (Lipinski definition) is 3. The molecule has 0 spiro atoms. The number of aliphatic imine (C=N–C) groups is 1. The summed E-state index contributed by atoms with van der Waals surface area (Å²) in [6.07, 6.45) is 0. The van der Waals surface area contributed by atoms with Crippen molar-refractivity contribution in [2.24, 2.45) is 4.99 Å². The van der Waals surface area contributed by atoms with Crippen molar-refractivity contribution in [3.05, 3.63) is 70.7 Å². The Hall–Kier alpha value is -1.45. The molecule has 2 unspecified atom stereocenters. The minimum Gasteiger partial charge on any atom is -0.358 e. The Morgan fingerprint density at radius 1 is 1.19 bits per heavy atom. The summed E-state index contributed by atoms with van der Waals surface area (Å²) in [4.78, 5) is 4.62. The zero-order valence-electron chi connectivity index (χ0n) is 11.8. The summed E-state index contributed by atoms with van der Waals surface area (Å²) in [5.41, 5.74) is 2.51. The van der Waals surface area contributed by atoms with Crippen LogP contribution in [0.15, 0.2) is 59.6 Å². The average molecular weight is 317 g/mol. The fourth-order valence-corrected chi connectivity index (χ4v) is 3.64. The van der Waals surface area contributed by atoms with E-state index in [9.17, 15) is 0 Å². The van der Waals surface area contributed by atoms with Gasteiger partial charge in [0.15, 0.2) is 5.17 Å². The fraction of sp³-hybridized carbons (Fsp3) is 0.235. The maximum atomic E-state index is 6.05. The van der Waals surface area contributed by atoms with Gasteiger partial charge in [-0.15, -0.1) is 0 Å². The van der Waals surface area contributed by atoms with Gasteiger partial charge in [0.25, 0.3) is 0 Å². The van der Waals surface area contributed by atoms with E-state index in [1.54, 1.807) is 11.8 Å². The van der Waals surface area contributed by atoms with Gasteiger partial charge in [-0.2, -0.15) is 0 Å². The van der Waals surface area contributed by atoms with E-state index >= 15 is 0 Å². The van der Waals surface area contributed by atoms with Gasteiger partial charge < -0.3 is 5.32 Å². The Labute approximate surface area is 134 Å². The van der Waals surface area contributed by atoms with Gasteiger partial charge in [-0.25, -0.2) is 0 Å². The summed E-state index contributed by atoms with van der Waals surface area (Å²) in [5, 5.41) is 5.67. The van der Waals surface area contributed by atoms with Crippen molar-refractivity contribution in [3.8, 4) is 0 Å². The van der Waals surface area contributed by atoms with Crippen molar-refractivity contribution in [2.45, 2.75) is 18.2 Å². The number of nitrogens with one attached hydrogen (secondary N) is 1. The second-order valence-corrected chi connectivity index (χ2v) is 6.71. The van der Waals surface area contributed by atoms with Gasteiger partial charge in [-0.05, 0) is 30.2 Å². The minimum absolute atomic E-state index is 0.199. The largest absolute Gasteiger partial charge is 0.358 e. The monoisotopic (exact) mass is 316 g/mol. The molecule has 0 fully saturated rings. The zero-order chi connectivity index (χ0) is 14.7. The Bertz CT molecular complexity index is 642. The van der Waals surface area contributed by atoms with Crippen LogP contribution in [0.1, 0.15) is 29.3 Å². The molecule has 2 atom stereocenters. The van der Waals surface area contributed by atoms with E-state index in [-0.39, 0.29) is 6.04 Å². The van der Waals surface area contributed by atoms with Crippen LogP contribution in [0.3, 0.4) is 0 Å². The molecule has 2 nitrogen and oxygen atoms in total. The molecule has 1 heterocycles. The standard InChI is InChI=1S/C17H17ClN2S/c1-12(14-8-5-9-15(18)10-14)20-17-19-11-16(21-17)13-6-3-2-4-7-13/h2-10,12,16H,11H2,1H3,(H,19,20). The summed E-state index contributed by atoms with van der Waals surface area (Å²) in [5.74, 6) is 0. The van der Waals surface area contributed by atoms with Gasteiger partial charge in [0.05, 0.1) is 17.8 Å². The molecule has 0 aromatic heterocycles. The molecule has 4 heteroatoms. The number of hydrogen-bond donors (Lipinski definition) is 1. The second kappa shape index (κ2) is 6.54. The highest BCUT2D eigenvalue weighted by Gasteiger charge is 2.22. The summed E-state index contributed by atoms with van der Waals surface area (Å²) in [6, 6.07) is 18.7. The molecule has 108 valence electrons.